The Morgan fingerprint density at radius 2 is 0.702 bits per heavy atom. The second-order valence-corrected chi connectivity index (χ2v) is 13.4. The maximum absolute atomic E-state index is 9.69. The molecule has 1 aromatic heterocycles. The minimum atomic E-state index is -0.752. The van der Waals surface area contributed by atoms with Gasteiger partial charge in [0.25, 0.3) is 0 Å². The first-order chi connectivity index (χ1) is 35.7. The van der Waals surface area contributed by atoms with Crippen molar-refractivity contribution in [3.05, 3.63) is 218 Å². The molecule has 57 heavy (non-hydrogen) atoms. The molecule has 0 spiro atoms. The summed E-state index contributed by atoms with van der Waals surface area (Å²) in [6.45, 7) is 0. The lowest BCUT2D eigenvalue weighted by atomic mass is 9.81. The van der Waals surface area contributed by atoms with Crippen LogP contribution in [0.25, 0.3) is 110 Å². The van der Waals surface area contributed by atoms with Gasteiger partial charge >= 0.3 is 0 Å². The highest BCUT2D eigenvalue weighted by Crippen LogP contribution is 2.49. The Morgan fingerprint density at radius 3 is 1.21 bits per heavy atom. The molecule has 0 radical (unpaired) electrons. The molecule has 0 atom stereocenters. The van der Waals surface area contributed by atoms with Crippen LogP contribution in [0.1, 0.15) is 24.7 Å². The fourth-order valence-corrected chi connectivity index (χ4v) is 7.77. The summed E-state index contributed by atoms with van der Waals surface area (Å²) in [5, 5.41) is 0.676. The molecule has 11 rings (SSSR count). The molecule has 0 N–H and O–H groups in total. The average molecular weight is 743 g/mol. The predicted molar refractivity (Wildman–Crippen MR) is 241 cm³/mol. The van der Waals surface area contributed by atoms with Crippen LogP contribution in [0.2, 0.25) is 0 Å². The lowest BCUT2D eigenvalue weighted by Crippen LogP contribution is -1.95. The lowest BCUT2D eigenvalue weighted by molar-refractivity contribution is 0.669. The van der Waals surface area contributed by atoms with E-state index in [9.17, 15) is 5.48 Å². The summed E-state index contributed by atoms with van der Waals surface area (Å²) in [7, 11) is 0. The molecule has 0 aliphatic rings. The van der Waals surface area contributed by atoms with Crippen LogP contribution in [0.3, 0.4) is 0 Å². The normalized spacial score (nSPS) is 15.9. The number of fused-ring (bicyclic) bond motifs is 5. The van der Waals surface area contributed by atoms with Crippen LogP contribution in [0.5, 0.6) is 0 Å². The van der Waals surface area contributed by atoms with E-state index in [1.165, 1.54) is 18.2 Å². The topological polar surface area (TPSA) is 13.1 Å². The van der Waals surface area contributed by atoms with E-state index < -0.39 is 120 Å². The third kappa shape index (κ3) is 5.63. The van der Waals surface area contributed by atoms with Crippen molar-refractivity contribution in [2.75, 3.05) is 0 Å². The molecule has 1 heterocycles. The Morgan fingerprint density at radius 1 is 0.281 bits per heavy atom. The van der Waals surface area contributed by atoms with Crippen LogP contribution in [0.15, 0.2) is 222 Å². The molecule has 0 fully saturated rings. The molecule has 1 nitrogen and oxygen atoms in total. The van der Waals surface area contributed by atoms with Gasteiger partial charge in [-0.25, -0.2) is 0 Å². The highest BCUT2D eigenvalue weighted by Gasteiger charge is 2.22. The van der Waals surface area contributed by atoms with Gasteiger partial charge in [-0.2, -0.15) is 0 Å². The van der Waals surface area contributed by atoms with Crippen molar-refractivity contribution in [2.45, 2.75) is 0 Å². The van der Waals surface area contributed by atoms with Gasteiger partial charge < -0.3 is 4.42 Å². The minimum absolute atomic E-state index is 0.0105. The predicted octanol–water partition coefficient (Wildman–Crippen LogP) is 15.9. The van der Waals surface area contributed by atoms with Gasteiger partial charge in [-0.1, -0.05) is 194 Å². The molecule has 11 aromatic rings. The lowest BCUT2D eigenvalue weighted by Gasteiger charge is -2.22. The molecular formula is C56H36O. The molecule has 0 unspecified atom stereocenters. The van der Waals surface area contributed by atoms with E-state index in [2.05, 4.69) is 6.07 Å². The first kappa shape index (κ1) is 19.4. The van der Waals surface area contributed by atoms with Gasteiger partial charge in [0.15, 0.2) is 0 Å². The molecule has 1 heteroatoms. The van der Waals surface area contributed by atoms with E-state index in [0.717, 1.165) is 33.0 Å². The van der Waals surface area contributed by atoms with E-state index in [-0.39, 0.29) is 54.9 Å². The van der Waals surface area contributed by atoms with Gasteiger partial charge in [-0.15, -0.1) is 0 Å². The zero-order valence-electron chi connectivity index (χ0n) is 47.8. The standard InChI is InChI=1S/C56H36O/c1-4-15-37(16-5-1)42-31-33-52-50(35-42)51-36-43(32-34-53(51)57-52)38-27-29-41(30-28-38)54-46-21-10-12-23-48(46)56(49-24-13-11-22-47(49)54)55-44(39-17-6-2-7-18-39)25-14-26-45(55)40-19-8-3-9-20-40/h1-36H/i2D,3D,6D,7D,8D,9D,10D,11D,12D,13D,17D,18D,19D,20D,21D,22D,23D,24D. The number of furan rings is 1. The van der Waals surface area contributed by atoms with Crippen molar-refractivity contribution in [3.63, 3.8) is 0 Å². The van der Waals surface area contributed by atoms with Gasteiger partial charge in [-0.05, 0) is 113 Å². The SMILES string of the molecule is [2H]c1c([2H])c([2H])c(-c2cccc(-c3c([2H])c([2H])c([2H])c([2H])c3[2H])c2-c2c3c([2H])c([2H])c([2H])c([2H])c3c(-c3ccc(-c4ccc5oc6ccc(-c7ccccc7)cc6c5c4)cc3)c3c([2H])c([2H])c([2H])c([2H])c23)c([2H])c1[2H]. The monoisotopic (exact) mass is 742 g/mol. The summed E-state index contributed by atoms with van der Waals surface area (Å²) in [5.41, 5.74) is 3.23. The Kier molecular flexibility index (Phi) is 4.65. The number of rotatable bonds is 6. The molecule has 0 amide bonds. The van der Waals surface area contributed by atoms with E-state index >= 15 is 0 Å². The zero-order valence-corrected chi connectivity index (χ0v) is 29.8. The van der Waals surface area contributed by atoms with Crippen molar-refractivity contribution in [3.8, 4) is 66.8 Å². The average Bonchev–Trinajstić information content (AvgIpc) is 3.83. The second-order valence-electron chi connectivity index (χ2n) is 13.4. The third-order valence-corrected chi connectivity index (χ3v) is 10.3. The fraction of sp³-hybridized carbons (Fsp3) is 0. The third-order valence-electron chi connectivity index (χ3n) is 10.3. The van der Waals surface area contributed by atoms with Crippen molar-refractivity contribution < 1.29 is 29.1 Å². The van der Waals surface area contributed by atoms with Crippen LogP contribution < -0.4 is 0 Å². The number of benzene rings is 10. The summed E-state index contributed by atoms with van der Waals surface area (Å²) in [6.07, 6.45) is 0. The van der Waals surface area contributed by atoms with Gasteiger partial charge in [0.2, 0.25) is 0 Å². The Balaban J connectivity index is 1.26. The summed E-state index contributed by atoms with van der Waals surface area (Å²) < 4.78 is 169. The maximum Gasteiger partial charge on any atom is 0.135 e. The Bertz CT molecular complexity index is 4090. The van der Waals surface area contributed by atoms with Crippen LogP contribution in [0.4, 0.5) is 0 Å². The summed E-state index contributed by atoms with van der Waals surface area (Å²) in [6, 6.07) is 19.8. The largest absolute Gasteiger partial charge is 0.456 e. The van der Waals surface area contributed by atoms with Crippen molar-refractivity contribution in [1.82, 2.24) is 0 Å². The summed E-state index contributed by atoms with van der Waals surface area (Å²) in [5.74, 6) is 0. The number of hydrogen-bond acceptors (Lipinski definition) is 1. The second kappa shape index (κ2) is 13.7. The number of hydrogen-bond donors (Lipinski definition) is 0. The molecule has 0 saturated carbocycles. The van der Waals surface area contributed by atoms with E-state index in [1.54, 1.807) is 24.3 Å². The molecule has 0 aliphatic heterocycles. The zero-order chi connectivity index (χ0) is 53.4. The highest BCUT2D eigenvalue weighted by molar-refractivity contribution is 6.23. The van der Waals surface area contributed by atoms with E-state index in [1.807, 2.05) is 60.7 Å². The highest BCUT2D eigenvalue weighted by atomic mass is 16.3. The van der Waals surface area contributed by atoms with Gasteiger partial charge in [0.1, 0.15) is 11.2 Å². The Hall–Kier alpha value is -7.48. The van der Waals surface area contributed by atoms with Gasteiger partial charge in [-0.3, -0.25) is 0 Å². The quantitative estimate of drug-likeness (QED) is 0.155. The smallest absolute Gasteiger partial charge is 0.135 e. The Labute approximate surface area is 357 Å². The maximum atomic E-state index is 9.69. The molecule has 0 saturated heterocycles. The van der Waals surface area contributed by atoms with E-state index in [4.69, 9.17) is 23.6 Å². The summed E-state index contributed by atoms with van der Waals surface area (Å²) in [4.78, 5) is 0. The van der Waals surface area contributed by atoms with Crippen LogP contribution in [-0.4, -0.2) is 0 Å². The summed E-state index contributed by atoms with van der Waals surface area (Å²) >= 11 is 0. The van der Waals surface area contributed by atoms with Crippen molar-refractivity contribution in [2.24, 2.45) is 0 Å². The molecule has 0 aliphatic carbocycles. The van der Waals surface area contributed by atoms with Gasteiger partial charge in [0.05, 0.1) is 24.7 Å². The fourth-order valence-electron chi connectivity index (χ4n) is 7.77. The van der Waals surface area contributed by atoms with Crippen LogP contribution in [-0.2, 0) is 0 Å². The van der Waals surface area contributed by atoms with Crippen molar-refractivity contribution in [1.29, 1.82) is 0 Å². The van der Waals surface area contributed by atoms with Crippen LogP contribution >= 0.6 is 0 Å². The van der Waals surface area contributed by atoms with E-state index in [0.29, 0.717) is 11.2 Å². The molecule has 10 aromatic carbocycles. The first-order valence-electron chi connectivity index (χ1n) is 27.1. The molecule has 266 valence electrons. The van der Waals surface area contributed by atoms with Crippen molar-refractivity contribution >= 4 is 43.5 Å². The first-order valence-corrected chi connectivity index (χ1v) is 18.1. The molecule has 0 bridgehead atoms. The molecular weight excluding hydrogens is 689 g/mol. The van der Waals surface area contributed by atoms with Crippen LogP contribution in [0, 0.1) is 0 Å². The minimum Gasteiger partial charge on any atom is -0.456 e. The van der Waals surface area contributed by atoms with Gasteiger partial charge in [0, 0.05) is 10.8 Å².